The molecule has 0 atom stereocenters. The molecule has 0 amide bonds. The summed E-state index contributed by atoms with van der Waals surface area (Å²) in [4.78, 5) is 36.5. The first kappa shape index (κ1) is 25.3. The van der Waals surface area contributed by atoms with Gasteiger partial charge in [0.2, 0.25) is 17.8 Å². The minimum Gasteiger partial charge on any atom is -0.455 e. The van der Waals surface area contributed by atoms with Crippen LogP contribution in [-0.2, 0) is 0 Å². The number of nitro benzene ring substituents is 2. The Labute approximate surface area is 221 Å². The third-order valence-electron chi connectivity index (χ3n) is 5.92. The van der Waals surface area contributed by atoms with Crippen LogP contribution in [0, 0.1) is 20.2 Å². The van der Waals surface area contributed by atoms with E-state index < -0.39 is 9.85 Å². The molecule has 39 heavy (non-hydrogen) atoms. The summed E-state index contributed by atoms with van der Waals surface area (Å²) in [6, 6.07) is 15.5. The minimum atomic E-state index is -0.465. The van der Waals surface area contributed by atoms with Gasteiger partial charge in [0, 0.05) is 48.6 Å². The van der Waals surface area contributed by atoms with Crippen molar-refractivity contribution in [2.45, 2.75) is 19.3 Å². The molecule has 1 aliphatic heterocycles. The highest BCUT2D eigenvalue weighted by molar-refractivity contribution is 5.78. The van der Waals surface area contributed by atoms with E-state index >= 15 is 0 Å². The molecule has 14 heteroatoms. The maximum absolute atomic E-state index is 11.1. The molecule has 3 heterocycles. The van der Waals surface area contributed by atoms with Crippen molar-refractivity contribution in [3.05, 3.63) is 86.7 Å². The number of aromatic nitrogens is 3. The Morgan fingerprint density at radius 3 is 2.36 bits per heavy atom. The van der Waals surface area contributed by atoms with Gasteiger partial charge in [-0.15, -0.1) is 0 Å². The molecule has 0 saturated carbocycles. The quantitative estimate of drug-likeness (QED) is 0.167. The molecule has 0 bridgehead atoms. The number of anilines is 4. The number of non-ortho nitro benzene ring substituents is 2. The van der Waals surface area contributed by atoms with Gasteiger partial charge in [-0.1, -0.05) is 12.1 Å². The molecule has 0 radical (unpaired) electrons. The average Bonchev–Trinajstić information content (AvgIpc) is 3.43. The highest BCUT2D eigenvalue weighted by Crippen LogP contribution is 2.26. The summed E-state index contributed by atoms with van der Waals surface area (Å²) in [6.07, 6.45) is 4.65. The third-order valence-corrected chi connectivity index (χ3v) is 5.92. The van der Waals surface area contributed by atoms with E-state index in [0.717, 1.165) is 32.4 Å². The number of benzene rings is 2. The molecule has 0 spiro atoms. The van der Waals surface area contributed by atoms with Crippen LogP contribution in [-0.4, -0.2) is 44.1 Å². The van der Waals surface area contributed by atoms with Crippen LogP contribution in [0.3, 0.4) is 0 Å². The van der Waals surface area contributed by atoms with Crippen LogP contribution in [0.25, 0.3) is 11.3 Å². The SMILES string of the molecule is O=[N+]([O-])c1ccc(Nc2nc(N/N=C\c3ccc(-c4cccc([N+](=O)[O-])c4)o3)nc(N3CCCCC3)n2)cc1. The summed E-state index contributed by atoms with van der Waals surface area (Å²) in [5.74, 6) is 1.80. The highest BCUT2D eigenvalue weighted by atomic mass is 16.6. The molecule has 14 nitrogen and oxygen atoms in total. The van der Waals surface area contributed by atoms with E-state index in [0.29, 0.717) is 28.7 Å². The van der Waals surface area contributed by atoms with Gasteiger partial charge in [-0.3, -0.25) is 20.2 Å². The van der Waals surface area contributed by atoms with Crippen molar-refractivity contribution in [2.75, 3.05) is 28.7 Å². The molecular formula is C25H23N9O5. The second-order valence-corrected chi connectivity index (χ2v) is 8.64. The number of nitrogens with zero attached hydrogens (tertiary/aromatic N) is 7. The van der Waals surface area contributed by atoms with Gasteiger partial charge in [-0.2, -0.15) is 20.1 Å². The van der Waals surface area contributed by atoms with Crippen LogP contribution in [0.1, 0.15) is 25.0 Å². The summed E-state index contributed by atoms with van der Waals surface area (Å²) in [5, 5.41) is 29.2. The normalized spacial score (nSPS) is 13.4. The van der Waals surface area contributed by atoms with E-state index in [1.54, 1.807) is 36.4 Å². The smallest absolute Gasteiger partial charge is 0.270 e. The van der Waals surface area contributed by atoms with Crippen LogP contribution in [0.15, 0.2) is 70.2 Å². The molecule has 2 aromatic carbocycles. The zero-order chi connectivity index (χ0) is 27.2. The van der Waals surface area contributed by atoms with Gasteiger partial charge in [0.25, 0.3) is 11.4 Å². The molecule has 5 rings (SSSR count). The zero-order valence-electron chi connectivity index (χ0n) is 20.6. The lowest BCUT2D eigenvalue weighted by molar-refractivity contribution is -0.385. The number of hydrogen-bond donors (Lipinski definition) is 2. The first-order valence-corrected chi connectivity index (χ1v) is 12.1. The Hall–Kier alpha value is -5.40. The van der Waals surface area contributed by atoms with Crippen molar-refractivity contribution in [3.63, 3.8) is 0 Å². The van der Waals surface area contributed by atoms with Crippen molar-refractivity contribution in [1.82, 2.24) is 15.0 Å². The largest absolute Gasteiger partial charge is 0.455 e. The number of hydrogen-bond acceptors (Lipinski definition) is 12. The standard InChI is InChI=1S/C25H23N9O5/c35-33(36)19-9-7-18(8-10-19)27-23-28-24(30-25(29-23)32-13-2-1-3-14-32)31-26-16-21-11-12-22(39-21)17-5-4-6-20(15-17)34(37)38/h4-12,15-16H,1-3,13-14H2,(H2,27,28,29,30,31)/b26-16-. The Morgan fingerprint density at radius 2 is 1.62 bits per heavy atom. The first-order valence-electron chi connectivity index (χ1n) is 12.1. The van der Waals surface area contributed by atoms with Gasteiger partial charge in [-0.25, -0.2) is 5.43 Å². The molecule has 2 aromatic heterocycles. The Morgan fingerprint density at radius 1 is 0.872 bits per heavy atom. The van der Waals surface area contributed by atoms with Crippen molar-refractivity contribution in [3.8, 4) is 11.3 Å². The number of hydrazone groups is 1. The fraction of sp³-hybridized carbons (Fsp3) is 0.200. The van der Waals surface area contributed by atoms with Crippen LogP contribution >= 0.6 is 0 Å². The van der Waals surface area contributed by atoms with Crippen molar-refractivity contribution < 1.29 is 14.3 Å². The summed E-state index contributed by atoms with van der Waals surface area (Å²) in [5.41, 5.74) is 3.90. The van der Waals surface area contributed by atoms with Crippen LogP contribution in [0.2, 0.25) is 0 Å². The molecule has 198 valence electrons. The third kappa shape index (κ3) is 6.30. The van der Waals surface area contributed by atoms with Gasteiger partial charge in [0.05, 0.1) is 16.1 Å². The minimum absolute atomic E-state index is 0.0199. The van der Waals surface area contributed by atoms with Crippen molar-refractivity contribution >= 4 is 41.1 Å². The summed E-state index contributed by atoms with van der Waals surface area (Å²) in [6.45, 7) is 1.63. The van der Waals surface area contributed by atoms with Crippen LogP contribution in [0.5, 0.6) is 0 Å². The fourth-order valence-corrected chi connectivity index (χ4v) is 4.01. The van der Waals surface area contributed by atoms with E-state index in [1.165, 1.54) is 30.5 Å². The maximum Gasteiger partial charge on any atom is 0.270 e. The van der Waals surface area contributed by atoms with E-state index in [4.69, 9.17) is 4.42 Å². The lowest BCUT2D eigenvalue weighted by Crippen LogP contribution is -2.31. The number of rotatable bonds is 9. The number of nitrogens with one attached hydrogen (secondary N) is 2. The lowest BCUT2D eigenvalue weighted by atomic mass is 10.1. The van der Waals surface area contributed by atoms with E-state index in [-0.39, 0.29) is 23.3 Å². The lowest BCUT2D eigenvalue weighted by Gasteiger charge is -2.26. The number of piperidine rings is 1. The van der Waals surface area contributed by atoms with Gasteiger partial charge >= 0.3 is 0 Å². The average molecular weight is 530 g/mol. The summed E-state index contributed by atoms with van der Waals surface area (Å²) >= 11 is 0. The monoisotopic (exact) mass is 529 g/mol. The number of furan rings is 1. The topological polar surface area (TPSA) is 178 Å². The predicted molar refractivity (Wildman–Crippen MR) is 144 cm³/mol. The van der Waals surface area contributed by atoms with E-state index in [9.17, 15) is 20.2 Å². The second kappa shape index (κ2) is 11.3. The van der Waals surface area contributed by atoms with Crippen LogP contribution < -0.4 is 15.6 Å². The van der Waals surface area contributed by atoms with Gasteiger partial charge in [0.1, 0.15) is 11.5 Å². The van der Waals surface area contributed by atoms with E-state index in [1.807, 2.05) is 0 Å². The first-order chi connectivity index (χ1) is 18.9. The molecule has 1 aliphatic rings. The Bertz CT molecular complexity index is 1510. The summed E-state index contributed by atoms with van der Waals surface area (Å²) < 4.78 is 5.76. The Kier molecular flexibility index (Phi) is 7.34. The summed E-state index contributed by atoms with van der Waals surface area (Å²) in [7, 11) is 0. The molecule has 2 N–H and O–H groups in total. The molecule has 1 fully saturated rings. The number of nitro groups is 2. The molecule has 0 aliphatic carbocycles. The molecule has 4 aromatic rings. The second-order valence-electron chi connectivity index (χ2n) is 8.64. The van der Waals surface area contributed by atoms with E-state index in [2.05, 4.69) is 35.7 Å². The molecule has 0 unspecified atom stereocenters. The fourth-order valence-electron chi connectivity index (χ4n) is 4.01. The predicted octanol–water partition coefficient (Wildman–Crippen LogP) is 5.13. The van der Waals surface area contributed by atoms with Crippen molar-refractivity contribution in [1.29, 1.82) is 0 Å². The zero-order valence-corrected chi connectivity index (χ0v) is 20.6. The molecular weight excluding hydrogens is 506 g/mol. The maximum atomic E-state index is 11.1. The Balaban J connectivity index is 1.33. The van der Waals surface area contributed by atoms with Crippen LogP contribution in [0.4, 0.5) is 34.9 Å². The van der Waals surface area contributed by atoms with Gasteiger partial charge in [0.15, 0.2) is 0 Å². The van der Waals surface area contributed by atoms with Gasteiger partial charge in [-0.05, 0) is 43.5 Å². The highest BCUT2D eigenvalue weighted by Gasteiger charge is 2.17. The van der Waals surface area contributed by atoms with Crippen molar-refractivity contribution in [2.24, 2.45) is 5.10 Å². The van der Waals surface area contributed by atoms with Gasteiger partial charge < -0.3 is 14.6 Å². The molecule has 1 saturated heterocycles.